The number of aromatic nitrogens is 2. The second-order valence-electron chi connectivity index (χ2n) is 5.67. The molecule has 3 rings (SSSR count). The summed E-state index contributed by atoms with van der Waals surface area (Å²) >= 11 is 7.20. The number of halogens is 1. The van der Waals surface area contributed by atoms with Crippen molar-refractivity contribution in [1.82, 2.24) is 15.5 Å². The molecule has 0 fully saturated rings. The molecule has 1 atom stereocenters. The fourth-order valence-corrected chi connectivity index (χ4v) is 3.07. The fraction of sp³-hybridized carbons (Fsp3) is 0.211. The average molecular weight is 404 g/mol. The molecule has 1 aromatic heterocycles. The van der Waals surface area contributed by atoms with Crippen molar-refractivity contribution < 1.29 is 13.9 Å². The van der Waals surface area contributed by atoms with Crippen molar-refractivity contribution in [2.45, 2.75) is 24.8 Å². The molecule has 0 aliphatic heterocycles. The van der Waals surface area contributed by atoms with E-state index in [1.165, 1.54) is 11.8 Å². The SMILES string of the molecule is C[C@@H](NC(=O)CSc1nnc(COc2ccccc2Cl)o1)c1ccccc1. The van der Waals surface area contributed by atoms with E-state index in [1.54, 1.807) is 12.1 Å². The topological polar surface area (TPSA) is 77.2 Å². The average Bonchev–Trinajstić information content (AvgIpc) is 3.14. The van der Waals surface area contributed by atoms with Gasteiger partial charge in [0.15, 0.2) is 6.61 Å². The lowest BCUT2D eigenvalue weighted by atomic mass is 10.1. The maximum absolute atomic E-state index is 12.1. The van der Waals surface area contributed by atoms with E-state index in [2.05, 4.69) is 15.5 Å². The second-order valence-corrected chi connectivity index (χ2v) is 7.00. The van der Waals surface area contributed by atoms with Gasteiger partial charge in [0.25, 0.3) is 11.1 Å². The summed E-state index contributed by atoms with van der Waals surface area (Å²) in [7, 11) is 0. The quantitative estimate of drug-likeness (QED) is 0.566. The Bertz CT molecular complexity index is 889. The molecule has 0 bridgehead atoms. The maximum atomic E-state index is 12.1. The van der Waals surface area contributed by atoms with Crippen molar-refractivity contribution in [3.05, 3.63) is 71.1 Å². The van der Waals surface area contributed by atoms with Crippen LogP contribution >= 0.6 is 23.4 Å². The van der Waals surface area contributed by atoms with Gasteiger partial charge >= 0.3 is 0 Å². The van der Waals surface area contributed by atoms with Gasteiger partial charge in [0, 0.05) is 0 Å². The molecule has 0 saturated carbocycles. The number of hydrogen-bond donors (Lipinski definition) is 1. The zero-order chi connectivity index (χ0) is 19.1. The molecular formula is C19H18ClN3O3S. The third-order valence-corrected chi connectivity index (χ3v) is 4.77. The number of rotatable bonds is 8. The van der Waals surface area contributed by atoms with Gasteiger partial charge in [0.05, 0.1) is 16.8 Å². The van der Waals surface area contributed by atoms with E-state index < -0.39 is 0 Å². The van der Waals surface area contributed by atoms with Crippen molar-refractivity contribution >= 4 is 29.3 Å². The molecule has 140 valence electrons. The highest BCUT2D eigenvalue weighted by atomic mass is 35.5. The van der Waals surface area contributed by atoms with Gasteiger partial charge in [-0.3, -0.25) is 4.79 Å². The standard InChI is InChI=1S/C19H18ClN3O3S/c1-13(14-7-3-2-4-8-14)21-17(24)12-27-19-23-22-18(26-19)11-25-16-10-6-5-9-15(16)20/h2-10,13H,11-12H2,1H3,(H,21,24)/t13-/m1/s1. The van der Waals surface area contributed by atoms with Crippen LogP contribution in [-0.2, 0) is 11.4 Å². The summed E-state index contributed by atoms with van der Waals surface area (Å²) in [6.45, 7) is 2.04. The Balaban J connectivity index is 1.45. The van der Waals surface area contributed by atoms with Crippen LogP contribution in [0.5, 0.6) is 5.75 Å². The fourth-order valence-electron chi connectivity index (χ4n) is 2.29. The molecule has 27 heavy (non-hydrogen) atoms. The van der Waals surface area contributed by atoms with Crippen molar-refractivity contribution in [3.63, 3.8) is 0 Å². The highest BCUT2D eigenvalue weighted by molar-refractivity contribution is 7.99. The van der Waals surface area contributed by atoms with Gasteiger partial charge in [-0.1, -0.05) is 65.8 Å². The number of ether oxygens (including phenoxy) is 1. The summed E-state index contributed by atoms with van der Waals surface area (Å²) in [5.41, 5.74) is 1.05. The first-order valence-corrected chi connectivity index (χ1v) is 9.65. The largest absolute Gasteiger partial charge is 0.482 e. The van der Waals surface area contributed by atoms with Crippen molar-refractivity contribution in [1.29, 1.82) is 0 Å². The van der Waals surface area contributed by atoms with Crippen LogP contribution in [0.25, 0.3) is 0 Å². The molecular weight excluding hydrogens is 386 g/mol. The Labute approximate surface area is 166 Å². The minimum atomic E-state index is -0.108. The van der Waals surface area contributed by atoms with E-state index in [0.29, 0.717) is 21.9 Å². The van der Waals surface area contributed by atoms with Crippen LogP contribution in [0.3, 0.4) is 0 Å². The van der Waals surface area contributed by atoms with Gasteiger partial charge in [-0.2, -0.15) is 0 Å². The summed E-state index contributed by atoms with van der Waals surface area (Å²) < 4.78 is 11.0. The Kier molecular flexibility index (Phi) is 6.73. The Morgan fingerprint density at radius 1 is 1.19 bits per heavy atom. The monoisotopic (exact) mass is 403 g/mol. The number of nitrogens with zero attached hydrogens (tertiary/aromatic N) is 2. The molecule has 1 heterocycles. The molecule has 6 nitrogen and oxygen atoms in total. The van der Waals surface area contributed by atoms with Gasteiger partial charge in [0.2, 0.25) is 5.91 Å². The first-order valence-electron chi connectivity index (χ1n) is 8.28. The third kappa shape index (κ3) is 5.74. The third-order valence-electron chi connectivity index (χ3n) is 3.64. The summed E-state index contributed by atoms with van der Waals surface area (Å²) in [6.07, 6.45) is 0. The first-order chi connectivity index (χ1) is 13.1. The number of carbonyl (C=O) groups is 1. The summed E-state index contributed by atoms with van der Waals surface area (Å²) in [4.78, 5) is 12.1. The minimum Gasteiger partial charge on any atom is -0.482 e. The smallest absolute Gasteiger partial charge is 0.277 e. The lowest BCUT2D eigenvalue weighted by Gasteiger charge is -2.13. The lowest BCUT2D eigenvalue weighted by Crippen LogP contribution is -2.28. The molecule has 0 radical (unpaired) electrons. The van der Waals surface area contributed by atoms with Crippen LogP contribution in [0.15, 0.2) is 64.2 Å². The summed E-state index contributed by atoms with van der Waals surface area (Å²) in [6, 6.07) is 16.8. The molecule has 2 aromatic carbocycles. The van der Waals surface area contributed by atoms with Crippen molar-refractivity contribution in [2.24, 2.45) is 0 Å². The Hall–Kier alpha value is -2.51. The van der Waals surface area contributed by atoms with E-state index >= 15 is 0 Å². The van der Waals surface area contributed by atoms with Crippen LogP contribution in [0.2, 0.25) is 5.02 Å². The number of nitrogens with one attached hydrogen (secondary N) is 1. The number of benzene rings is 2. The Morgan fingerprint density at radius 3 is 2.70 bits per heavy atom. The first kappa shape index (κ1) is 19.3. The van der Waals surface area contributed by atoms with Gasteiger partial charge in [-0.05, 0) is 24.6 Å². The number of para-hydroxylation sites is 1. The predicted molar refractivity (Wildman–Crippen MR) is 104 cm³/mol. The summed E-state index contributed by atoms with van der Waals surface area (Å²) in [5, 5.41) is 11.6. The van der Waals surface area contributed by atoms with Crippen LogP contribution in [-0.4, -0.2) is 21.9 Å². The minimum absolute atomic E-state index is 0.0680. The van der Waals surface area contributed by atoms with E-state index in [4.69, 9.17) is 20.8 Å². The molecule has 0 saturated heterocycles. The van der Waals surface area contributed by atoms with Crippen molar-refractivity contribution in [2.75, 3.05) is 5.75 Å². The maximum Gasteiger partial charge on any atom is 0.277 e. The van der Waals surface area contributed by atoms with Crippen molar-refractivity contribution in [3.8, 4) is 5.75 Å². The number of thioether (sulfide) groups is 1. The molecule has 0 aliphatic rings. The van der Waals surface area contributed by atoms with Crippen LogP contribution in [0, 0.1) is 0 Å². The van der Waals surface area contributed by atoms with Gasteiger partial charge < -0.3 is 14.5 Å². The van der Waals surface area contributed by atoms with Gasteiger partial charge in [-0.25, -0.2) is 0 Å². The Morgan fingerprint density at radius 2 is 1.93 bits per heavy atom. The van der Waals surface area contributed by atoms with Crippen LogP contribution < -0.4 is 10.1 Å². The highest BCUT2D eigenvalue weighted by Crippen LogP contribution is 2.24. The number of carbonyl (C=O) groups excluding carboxylic acids is 1. The normalized spacial score (nSPS) is 11.8. The highest BCUT2D eigenvalue weighted by Gasteiger charge is 2.13. The van der Waals surface area contributed by atoms with Crippen LogP contribution in [0.4, 0.5) is 0 Å². The lowest BCUT2D eigenvalue weighted by molar-refractivity contribution is -0.119. The van der Waals surface area contributed by atoms with E-state index in [9.17, 15) is 4.79 Å². The van der Waals surface area contributed by atoms with E-state index in [0.717, 1.165) is 5.56 Å². The number of amides is 1. The molecule has 0 aliphatic carbocycles. The zero-order valence-corrected chi connectivity index (χ0v) is 16.2. The molecule has 8 heteroatoms. The van der Waals surface area contributed by atoms with Crippen LogP contribution in [0.1, 0.15) is 24.4 Å². The molecule has 1 N–H and O–H groups in total. The summed E-state index contributed by atoms with van der Waals surface area (Å²) in [5.74, 6) is 0.934. The second kappa shape index (κ2) is 9.43. The molecule has 0 spiro atoms. The molecule has 1 amide bonds. The molecule has 0 unspecified atom stereocenters. The van der Waals surface area contributed by atoms with E-state index in [-0.39, 0.29) is 24.3 Å². The molecule has 3 aromatic rings. The van der Waals surface area contributed by atoms with Gasteiger partial charge in [0.1, 0.15) is 5.75 Å². The zero-order valence-electron chi connectivity index (χ0n) is 14.6. The van der Waals surface area contributed by atoms with E-state index in [1.807, 2.05) is 49.4 Å². The van der Waals surface area contributed by atoms with Gasteiger partial charge in [-0.15, -0.1) is 10.2 Å². The number of hydrogen-bond acceptors (Lipinski definition) is 6. The predicted octanol–water partition coefficient (Wildman–Crippen LogP) is 4.27.